The van der Waals surface area contributed by atoms with Gasteiger partial charge in [0.1, 0.15) is 5.75 Å². The third kappa shape index (κ3) is 3.75. The Morgan fingerprint density at radius 1 is 1.13 bits per heavy atom. The van der Waals surface area contributed by atoms with Crippen molar-refractivity contribution in [3.05, 3.63) is 47.3 Å². The van der Waals surface area contributed by atoms with Gasteiger partial charge < -0.3 is 9.64 Å². The number of aromatic nitrogens is 2. The van der Waals surface area contributed by atoms with Crippen molar-refractivity contribution in [2.75, 3.05) is 26.7 Å². The molecule has 1 aliphatic rings. The molecule has 4 nitrogen and oxygen atoms in total. The van der Waals surface area contributed by atoms with E-state index < -0.39 is 0 Å². The van der Waals surface area contributed by atoms with E-state index in [2.05, 4.69) is 52.8 Å². The normalized spacial score (nSPS) is 16.7. The largest absolute Gasteiger partial charge is 0.496 e. The summed E-state index contributed by atoms with van der Waals surface area (Å²) in [6, 6.07) is 10.6. The highest BCUT2D eigenvalue weighted by Crippen LogP contribution is 2.33. The van der Waals surface area contributed by atoms with Crippen molar-refractivity contribution < 1.29 is 4.74 Å². The minimum absolute atomic E-state index is 0.621. The summed E-state index contributed by atoms with van der Waals surface area (Å²) in [4.78, 5) is 2.56. The number of likely N-dealkylation sites (tertiary alicyclic amines) is 1. The van der Waals surface area contributed by atoms with Crippen LogP contribution in [0.5, 0.6) is 5.75 Å². The van der Waals surface area contributed by atoms with Crippen LogP contribution in [-0.2, 0) is 6.54 Å². The van der Waals surface area contributed by atoms with E-state index in [1.54, 1.807) is 7.11 Å². The van der Waals surface area contributed by atoms with E-state index in [9.17, 15) is 0 Å². The monoisotopic (exact) mass is 313 g/mol. The Morgan fingerprint density at radius 3 is 2.52 bits per heavy atom. The Labute approximate surface area is 139 Å². The van der Waals surface area contributed by atoms with Gasteiger partial charge in [-0.05, 0) is 63.4 Å². The van der Waals surface area contributed by atoms with E-state index in [0.29, 0.717) is 5.92 Å². The number of hydrogen-bond acceptors (Lipinski definition) is 3. The zero-order valence-corrected chi connectivity index (χ0v) is 14.5. The van der Waals surface area contributed by atoms with Crippen molar-refractivity contribution in [1.82, 2.24) is 14.7 Å². The van der Waals surface area contributed by atoms with Crippen LogP contribution < -0.4 is 4.74 Å². The molecule has 0 N–H and O–H groups in total. The quantitative estimate of drug-likeness (QED) is 0.847. The molecule has 2 heterocycles. The molecule has 1 aromatic carbocycles. The highest BCUT2D eigenvalue weighted by molar-refractivity contribution is 5.36. The molecule has 0 aliphatic carbocycles. The first kappa shape index (κ1) is 16.1. The van der Waals surface area contributed by atoms with Crippen LogP contribution in [0.25, 0.3) is 0 Å². The van der Waals surface area contributed by atoms with E-state index in [1.165, 1.54) is 24.1 Å². The summed E-state index contributed by atoms with van der Waals surface area (Å²) in [5.41, 5.74) is 3.73. The number of piperidine rings is 1. The lowest BCUT2D eigenvalue weighted by atomic mass is 9.89. The van der Waals surface area contributed by atoms with Crippen molar-refractivity contribution in [1.29, 1.82) is 0 Å². The van der Waals surface area contributed by atoms with Gasteiger partial charge in [-0.1, -0.05) is 18.2 Å². The maximum absolute atomic E-state index is 5.52. The lowest BCUT2D eigenvalue weighted by Gasteiger charge is -2.32. The number of aryl methyl sites for hydroxylation is 2. The van der Waals surface area contributed by atoms with Gasteiger partial charge in [0.2, 0.25) is 0 Å². The number of methoxy groups -OCH3 is 1. The van der Waals surface area contributed by atoms with Crippen LogP contribution in [0.4, 0.5) is 0 Å². The van der Waals surface area contributed by atoms with Crippen molar-refractivity contribution in [3.8, 4) is 5.75 Å². The summed E-state index contributed by atoms with van der Waals surface area (Å²) >= 11 is 0. The first-order valence-electron chi connectivity index (χ1n) is 8.53. The van der Waals surface area contributed by atoms with Crippen LogP contribution in [-0.4, -0.2) is 41.4 Å². The summed E-state index contributed by atoms with van der Waals surface area (Å²) in [7, 11) is 1.77. The van der Waals surface area contributed by atoms with Gasteiger partial charge in [-0.2, -0.15) is 5.10 Å². The Morgan fingerprint density at radius 2 is 1.87 bits per heavy atom. The fraction of sp³-hybridized carbons (Fsp3) is 0.526. The lowest BCUT2D eigenvalue weighted by molar-refractivity contribution is 0.201. The minimum atomic E-state index is 0.621. The summed E-state index contributed by atoms with van der Waals surface area (Å²) in [5, 5.41) is 4.55. The van der Waals surface area contributed by atoms with E-state index >= 15 is 0 Å². The molecule has 0 atom stereocenters. The fourth-order valence-corrected chi connectivity index (χ4v) is 3.61. The predicted octanol–water partition coefficient (Wildman–Crippen LogP) is 3.39. The Kier molecular flexibility index (Phi) is 5.01. The second-order valence-electron chi connectivity index (χ2n) is 6.51. The zero-order valence-electron chi connectivity index (χ0n) is 14.5. The number of nitrogens with zero attached hydrogens (tertiary/aromatic N) is 3. The molecule has 0 radical (unpaired) electrons. The molecule has 0 bridgehead atoms. The van der Waals surface area contributed by atoms with Gasteiger partial charge in [-0.3, -0.25) is 4.68 Å². The smallest absolute Gasteiger partial charge is 0.122 e. The highest BCUT2D eigenvalue weighted by atomic mass is 16.5. The molecule has 1 saturated heterocycles. The third-order valence-corrected chi connectivity index (χ3v) is 4.90. The van der Waals surface area contributed by atoms with Crippen molar-refractivity contribution in [2.45, 2.75) is 39.2 Å². The van der Waals surface area contributed by atoms with Gasteiger partial charge in [0.15, 0.2) is 0 Å². The molecule has 124 valence electrons. The van der Waals surface area contributed by atoms with Gasteiger partial charge >= 0.3 is 0 Å². The maximum atomic E-state index is 5.52. The molecule has 1 fully saturated rings. The van der Waals surface area contributed by atoms with Crippen molar-refractivity contribution in [2.24, 2.45) is 0 Å². The molecule has 0 amide bonds. The predicted molar refractivity (Wildman–Crippen MR) is 93.1 cm³/mol. The standard InChI is InChI=1S/C19H27N3O/c1-15-14-16(2)22(20-15)13-12-21-10-8-17(9-11-21)18-6-4-5-7-19(18)23-3/h4-7,14,17H,8-13H2,1-3H3. The average molecular weight is 313 g/mol. The van der Waals surface area contributed by atoms with E-state index in [4.69, 9.17) is 4.74 Å². The van der Waals surface area contributed by atoms with Crippen LogP contribution in [0, 0.1) is 13.8 Å². The first-order chi connectivity index (χ1) is 11.2. The van der Waals surface area contributed by atoms with Gasteiger partial charge in [-0.25, -0.2) is 0 Å². The topological polar surface area (TPSA) is 30.3 Å². The SMILES string of the molecule is COc1ccccc1C1CCN(CCn2nc(C)cc2C)CC1. The van der Waals surface area contributed by atoms with Gasteiger partial charge in [0, 0.05) is 12.2 Å². The van der Waals surface area contributed by atoms with Gasteiger partial charge in [0.05, 0.1) is 19.3 Å². The van der Waals surface area contributed by atoms with E-state index in [-0.39, 0.29) is 0 Å². The summed E-state index contributed by atoms with van der Waals surface area (Å²) in [6.45, 7) is 8.57. The number of hydrogen-bond donors (Lipinski definition) is 0. The number of benzene rings is 1. The molecule has 2 aromatic rings. The number of rotatable bonds is 5. The molecular weight excluding hydrogens is 286 g/mol. The Hall–Kier alpha value is -1.81. The summed E-state index contributed by atoms with van der Waals surface area (Å²) in [6.07, 6.45) is 2.41. The van der Waals surface area contributed by atoms with Crippen LogP contribution in [0.2, 0.25) is 0 Å². The first-order valence-corrected chi connectivity index (χ1v) is 8.53. The van der Waals surface area contributed by atoms with Crippen LogP contribution in [0.3, 0.4) is 0 Å². The zero-order chi connectivity index (χ0) is 16.2. The lowest BCUT2D eigenvalue weighted by Crippen LogP contribution is -2.35. The minimum Gasteiger partial charge on any atom is -0.496 e. The van der Waals surface area contributed by atoms with Crippen molar-refractivity contribution >= 4 is 0 Å². The molecule has 1 aliphatic heterocycles. The molecular formula is C19H27N3O. The van der Waals surface area contributed by atoms with Gasteiger partial charge in [0.25, 0.3) is 0 Å². The summed E-state index contributed by atoms with van der Waals surface area (Å²) in [5.74, 6) is 1.66. The Bertz CT molecular complexity index is 642. The molecule has 23 heavy (non-hydrogen) atoms. The second-order valence-corrected chi connectivity index (χ2v) is 6.51. The van der Waals surface area contributed by atoms with Gasteiger partial charge in [-0.15, -0.1) is 0 Å². The van der Waals surface area contributed by atoms with Crippen molar-refractivity contribution in [3.63, 3.8) is 0 Å². The van der Waals surface area contributed by atoms with Crippen LogP contribution >= 0.6 is 0 Å². The van der Waals surface area contributed by atoms with Crippen LogP contribution in [0.1, 0.15) is 35.7 Å². The van der Waals surface area contributed by atoms with Crippen LogP contribution in [0.15, 0.2) is 30.3 Å². The molecule has 0 spiro atoms. The number of para-hydroxylation sites is 1. The highest BCUT2D eigenvalue weighted by Gasteiger charge is 2.22. The number of ether oxygens (including phenoxy) is 1. The third-order valence-electron chi connectivity index (χ3n) is 4.90. The van der Waals surface area contributed by atoms with E-state index in [0.717, 1.165) is 37.6 Å². The summed E-state index contributed by atoms with van der Waals surface area (Å²) < 4.78 is 7.65. The molecule has 4 heteroatoms. The van der Waals surface area contributed by atoms with E-state index in [1.807, 2.05) is 6.07 Å². The Balaban J connectivity index is 1.53. The molecule has 0 unspecified atom stereocenters. The maximum Gasteiger partial charge on any atom is 0.122 e. The molecule has 0 saturated carbocycles. The second kappa shape index (κ2) is 7.18. The average Bonchev–Trinajstić information content (AvgIpc) is 2.91. The molecule has 3 rings (SSSR count). The molecule has 1 aromatic heterocycles. The fourth-order valence-electron chi connectivity index (χ4n) is 3.61.